The minimum atomic E-state index is -4.18. The molecule has 3 rings (SSSR count). The van der Waals surface area contributed by atoms with Gasteiger partial charge in [0.25, 0.3) is 10.0 Å². The zero-order valence-electron chi connectivity index (χ0n) is 16.4. The number of thiophene rings is 1. The van der Waals surface area contributed by atoms with Gasteiger partial charge in [0.05, 0.1) is 5.69 Å². The van der Waals surface area contributed by atoms with E-state index in [2.05, 4.69) is 15.4 Å². The molecule has 0 spiro atoms. The number of sulfonamides is 1. The number of rotatable bonds is 6. The Balaban J connectivity index is 1.82. The molecule has 0 saturated heterocycles. The molecule has 1 aromatic carbocycles. The van der Waals surface area contributed by atoms with Crippen molar-refractivity contribution in [3.8, 4) is 5.75 Å². The van der Waals surface area contributed by atoms with Gasteiger partial charge >= 0.3 is 5.97 Å². The molecule has 2 heterocycles. The van der Waals surface area contributed by atoms with Crippen molar-refractivity contribution in [3.63, 3.8) is 0 Å². The fourth-order valence-electron chi connectivity index (χ4n) is 2.74. The smallest absolute Gasteiger partial charge is 0.374 e. The third-order valence-corrected chi connectivity index (χ3v) is 7.15. The molecule has 160 valence electrons. The number of aromatic nitrogens is 1. The van der Waals surface area contributed by atoms with Crippen LogP contribution in [0.1, 0.15) is 32.1 Å². The molecule has 3 N–H and O–H groups in total. The van der Waals surface area contributed by atoms with E-state index in [-0.39, 0.29) is 32.1 Å². The highest BCUT2D eigenvalue weighted by Gasteiger charge is 2.28. The van der Waals surface area contributed by atoms with Crippen molar-refractivity contribution < 1.29 is 27.7 Å². The summed E-state index contributed by atoms with van der Waals surface area (Å²) in [6, 6.07) is 2.99. The summed E-state index contributed by atoms with van der Waals surface area (Å²) in [6.45, 7) is 6.73. The fraction of sp³-hybridized carbons (Fsp3) is 0.222. The lowest BCUT2D eigenvalue weighted by Gasteiger charge is -2.15. The van der Waals surface area contributed by atoms with E-state index in [9.17, 15) is 18.3 Å². The summed E-state index contributed by atoms with van der Waals surface area (Å²) in [6.07, 6.45) is 0. The Bertz CT molecular complexity index is 1230. The maximum Gasteiger partial charge on any atom is 0.374 e. The molecular weight excluding hydrogens is 454 g/mol. The number of aryl methyl sites for hydroxylation is 3. The topological polar surface area (TPSA) is 131 Å². The molecule has 12 heteroatoms. The second-order valence-electron chi connectivity index (χ2n) is 6.47. The van der Waals surface area contributed by atoms with Gasteiger partial charge in [0.1, 0.15) is 20.5 Å². The highest BCUT2D eigenvalue weighted by atomic mass is 35.5. The molecule has 0 aliphatic carbocycles. The molecule has 0 radical (unpaired) electrons. The van der Waals surface area contributed by atoms with Gasteiger partial charge in [-0.05, 0) is 50.3 Å². The number of nitrogens with zero attached hydrogens (tertiary/aromatic N) is 1. The lowest BCUT2D eigenvalue weighted by molar-refractivity contribution is 0.0597. The standard InChI is InChI=1S/C18H18ClN3O6S2/c1-8-7-9(2)15(23)10(3)14(8)20-28-18(24)16-12(5-6-29-16)30(25,26)22-17-13(19)11(4)27-21-17/h5-7,20,23H,1-4H3,(H,21,22). The molecule has 0 fully saturated rings. The van der Waals surface area contributed by atoms with E-state index >= 15 is 0 Å². The summed E-state index contributed by atoms with van der Waals surface area (Å²) < 4.78 is 32.4. The molecule has 0 saturated carbocycles. The SMILES string of the molecule is Cc1cc(C)c(NOC(=O)c2sccc2S(=O)(=O)Nc2noc(C)c2Cl)c(C)c1O. The first kappa shape index (κ1) is 21.9. The van der Waals surface area contributed by atoms with Crippen molar-refractivity contribution in [1.82, 2.24) is 5.16 Å². The Morgan fingerprint density at radius 1 is 1.27 bits per heavy atom. The number of phenols is 1. The molecule has 0 amide bonds. The number of carbonyl (C=O) groups excluding carboxylic acids is 1. The Labute approximate surface area is 181 Å². The predicted octanol–water partition coefficient (Wildman–Crippen LogP) is 4.31. The summed E-state index contributed by atoms with van der Waals surface area (Å²) in [5.41, 5.74) is 4.85. The third kappa shape index (κ3) is 4.09. The van der Waals surface area contributed by atoms with Crippen LogP contribution in [-0.4, -0.2) is 24.7 Å². The monoisotopic (exact) mass is 471 g/mol. The lowest BCUT2D eigenvalue weighted by atomic mass is 10.0. The minimum absolute atomic E-state index is 0.0183. The van der Waals surface area contributed by atoms with Gasteiger partial charge in [-0.3, -0.25) is 4.72 Å². The van der Waals surface area contributed by atoms with Crippen LogP contribution in [0.4, 0.5) is 11.5 Å². The maximum absolute atomic E-state index is 12.7. The van der Waals surface area contributed by atoms with Gasteiger partial charge in [0.2, 0.25) is 5.82 Å². The molecule has 2 aromatic heterocycles. The number of hydrogen-bond acceptors (Lipinski definition) is 9. The number of phenolic OH excluding ortho intramolecular Hbond substituents is 1. The number of benzene rings is 1. The Hall–Kier alpha value is -2.76. The molecule has 0 aliphatic heterocycles. The second-order valence-corrected chi connectivity index (χ2v) is 9.42. The van der Waals surface area contributed by atoms with Crippen molar-refractivity contribution in [1.29, 1.82) is 0 Å². The van der Waals surface area contributed by atoms with Crippen molar-refractivity contribution in [2.75, 3.05) is 10.2 Å². The van der Waals surface area contributed by atoms with Gasteiger partial charge in [-0.2, -0.15) is 0 Å². The molecule has 0 bridgehead atoms. The summed E-state index contributed by atoms with van der Waals surface area (Å²) in [7, 11) is -4.18. The van der Waals surface area contributed by atoms with Gasteiger partial charge < -0.3 is 14.5 Å². The first-order valence-electron chi connectivity index (χ1n) is 8.52. The normalized spacial score (nSPS) is 11.4. The van der Waals surface area contributed by atoms with Crippen LogP contribution in [0.2, 0.25) is 5.02 Å². The average Bonchev–Trinajstić information content (AvgIpc) is 3.29. The van der Waals surface area contributed by atoms with E-state index in [1.807, 2.05) is 0 Å². The van der Waals surface area contributed by atoms with E-state index in [0.29, 0.717) is 16.8 Å². The van der Waals surface area contributed by atoms with E-state index in [1.54, 1.807) is 26.8 Å². The number of anilines is 2. The van der Waals surface area contributed by atoms with Gasteiger partial charge in [-0.15, -0.1) is 11.3 Å². The van der Waals surface area contributed by atoms with Crippen molar-refractivity contribution in [2.24, 2.45) is 0 Å². The average molecular weight is 472 g/mol. The molecule has 0 aliphatic rings. The molecular formula is C18H18ClN3O6S2. The van der Waals surface area contributed by atoms with Gasteiger partial charge in [-0.1, -0.05) is 22.8 Å². The number of nitrogens with one attached hydrogen (secondary N) is 2. The Kier molecular flexibility index (Phi) is 5.97. The highest BCUT2D eigenvalue weighted by molar-refractivity contribution is 7.93. The van der Waals surface area contributed by atoms with E-state index in [4.69, 9.17) is 21.0 Å². The summed E-state index contributed by atoms with van der Waals surface area (Å²) in [5.74, 6) is -0.774. The van der Waals surface area contributed by atoms with Crippen LogP contribution in [0, 0.1) is 27.7 Å². The van der Waals surface area contributed by atoms with Crippen LogP contribution in [-0.2, 0) is 14.9 Å². The summed E-state index contributed by atoms with van der Waals surface area (Å²) in [4.78, 5) is 17.2. The molecule has 9 nitrogen and oxygen atoms in total. The predicted molar refractivity (Wildman–Crippen MR) is 113 cm³/mol. The fourth-order valence-corrected chi connectivity index (χ4v) is 5.21. The van der Waals surface area contributed by atoms with Gasteiger partial charge in [0, 0.05) is 5.56 Å². The lowest BCUT2D eigenvalue weighted by Crippen LogP contribution is -2.18. The van der Waals surface area contributed by atoms with Crippen molar-refractivity contribution >= 4 is 50.4 Å². The van der Waals surface area contributed by atoms with Crippen molar-refractivity contribution in [3.05, 3.63) is 49.9 Å². The van der Waals surface area contributed by atoms with Crippen LogP contribution in [0.25, 0.3) is 0 Å². The summed E-state index contributed by atoms with van der Waals surface area (Å²) in [5, 5.41) is 15.1. The molecule has 3 aromatic rings. The Morgan fingerprint density at radius 2 is 1.97 bits per heavy atom. The van der Waals surface area contributed by atoms with Crippen LogP contribution in [0.5, 0.6) is 5.75 Å². The van der Waals surface area contributed by atoms with E-state index in [0.717, 1.165) is 16.9 Å². The quantitative estimate of drug-likeness (QED) is 0.453. The third-order valence-electron chi connectivity index (χ3n) is 4.30. The first-order valence-corrected chi connectivity index (χ1v) is 11.3. The van der Waals surface area contributed by atoms with Crippen LogP contribution >= 0.6 is 22.9 Å². The van der Waals surface area contributed by atoms with Crippen molar-refractivity contribution in [2.45, 2.75) is 32.6 Å². The van der Waals surface area contributed by atoms with E-state index < -0.39 is 16.0 Å². The zero-order valence-corrected chi connectivity index (χ0v) is 18.8. The van der Waals surface area contributed by atoms with Crippen LogP contribution in [0.3, 0.4) is 0 Å². The minimum Gasteiger partial charge on any atom is -0.507 e. The Morgan fingerprint density at radius 3 is 2.60 bits per heavy atom. The molecule has 0 atom stereocenters. The maximum atomic E-state index is 12.7. The van der Waals surface area contributed by atoms with Gasteiger partial charge in [-0.25, -0.2) is 18.7 Å². The largest absolute Gasteiger partial charge is 0.507 e. The van der Waals surface area contributed by atoms with Gasteiger partial charge in [0.15, 0.2) is 5.76 Å². The second kappa shape index (κ2) is 8.17. The summed E-state index contributed by atoms with van der Waals surface area (Å²) >= 11 is 6.84. The number of hydrogen-bond donors (Lipinski definition) is 3. The zero-order chi connectivity index (χ0) is 22.2. The highest BCUT2D eigenvalue weighted by Crippen LogP contribution is 2.33. The number of carbonyl (C=O) groups is 1. The number of aromatic hydroxyl groups is 1. The first-order chi connectivity index (χ1) is 14.0. The van der Waals surface area contributed by atoms with Crippen LogP contribution in [0.15, 0.2) is 26.9 Å². The van der Waals surface area contributed by atoms with Crippen LogP contribution < -0.4 is 10.2 Å². The number of halogens is 1. The molecule has 30 heavy (non-hydrogen) atoms. The molecule has 0 unspecified atom stereocenters. The van der Waals surface area contributed by atoms with E-state index in [1.165, 1.54) is 18.4 Å².